The van der Waals surface area contributed by atoms with Gasteiger partial charge in [-0.05, 0) is 73.4 Å². The number of thiophene rings is 1. The van der Waals surface area contributed by atoms with E-state index >= 15 is 0 Å². The maximum Gasteiger partial charge on any atom is 0.0758 e. The molecule has 0 spiro atoms. The van der Waals surface area contributed by atoms with Crippen LogP contribution < -0.4 is 5.73 Å². The molecule has 1 atom stereocenters. The number of hydrogen-bond acceptors (Lipinski definition) is 2. The SMILES string of the molecule is NC(c1cc(Br)sc1Br)C1Cc2ccccc2C1. The molecule has 2 aromatic rings. The fraction of sp³-hybridized carbons (Fsp3) is 0.286. The van der Waals surface area contributed by atoms with Crippen LogP contribution in [0.3, 0.4) is 0 Å². The average molecular weight is 387 g/mol. The molecule has 0 bridgehead atoms. The zero-order chi connectivity index (χ0) is 12.7. The normalized spacial score (nSPS) is 16.8. The second kappa shape index (κ2) is 5.08. The highest BCUT2D eigenvalue weighted by molar-refractivity contribution is 9.12. The van der Waals surface area contributed by atoms with Crippen molar-refractivity contribution in [2.45, 2.75) is 18.9 Å². The third kappa shape index (κ3) is 2.31. The van der Waals surface area contributed by atoms with Gasteiger partial charge in [-0.3, -0.25) is 0 Å². The number of benzene rings is 1. The van der Waals surface area contributed by atoms with Crippen molar-refractivity contribution in [3.05, 3.63) is 54.6 Å². The summed E-state index contributed by atoms with van der Waals surface area (Å²) in [6, 6.07) is 10.9. The second-order valence-electron chi connectivity index (χ2n) is 4.74. The molecule has 1 aromatic carbocycles. The molecule has 0 fully saturated rings. The van der Waals surface area contributed by atoms with E-state index in [1.54, 1.807) is 11.3 Å². The van der Waals surface area contributed by atoms with E-state index in [1.165, 1.54) is 16.7 Å². The first-order chi connectivity index (χ1) is 8.65. The maximum atomic E-state index is 6.45. The first-order valence-electron chi connectivity index (χ1n) is 5.92. The van der Waals surface area contributed by atoms with Gasteiger partial charge in [0, 0.05) is 6.04 Å². The third-order valence-electron chi connectivity index (χ3n) is 3.63. The summed E-state index contributed by atoms with van der Waals surface area (Å²) in [5.41, 5.74) is 10.6. The van der Waals surface area contributed by atoms with Crippen LogP contribution in [0.25, 0.3) is 0 Å². The summed E-state index contributed by atoms with van der Waals surface area (Å²) in [4.78, 5) is 0. The van der Waals surface area contributed by atoms with Gasteiger partial charge in [-0.15, -0.1) is 11.3 Å². The topological polar surface area (TPSA) is 26.0 Å². The highest BCUT2D eigenvalue weighted by atomic mass is 79.9. The van der Waals surface area contributed by atoms with E-state index in [9.17, 15) is 0 Å². The predicted octanol–water partition coefficient (Wildman–Crippen LogP) is 4.69. The van der Waals surface area contributed by atoms with Gasteiger partial charge in [0.05, 0.1) is 7.57 Å². The minimum atomic E-state index is 0.106. The van der Waals surface area contributed by atoms with Gasteiger partial charge in [0.1, 0.15) is 0 Å². The van der Waals surface area contributed by atoms with E-state index in [0.29, 0.717) is 5.92 Å². The van der Waals surface area contributed by atoms with Gasteiger partial charge in [0.25, 0.3) is 0 Å². The molecule has 1 nitrogen and oxygen atoms in total. The van der Waals surface area contributed by atoms with Crippen LogP contribution in [0.2, 0.25) is 0 Å². The van der Waals surface area contributed by atoms with E-state index < -0.39 is 0 Å². The zero-order valence-corrected chi connectivity index (χ0v) is 13.7. The summed E-state index contributed by atoms with van der Waals surface area (Å²) in [5, 5.41) is 0. The van der Waals surface area contributed by atoms with Gasteiger partial charge in [0.2, 0.25) is 0 Å². The molecule has 2 N–H and O–H groups in total. The molecule has 0 saturated heterocycles. The molecule has 4 heteroatoms. The van der Waals surface area contributed by atoms with Crippen LogP contribution in [0.5, 0.6) is 0 Å². The monoisotopic (exact) mass is 385 g/mol. The van der Waals surface area contributed by atoms with E-state index in [4.69, 9.17) is 5.73 Å². The molecule has 0 saturated carbocycles. The average Bonchev–Trinajstić information content (AvgIpc) is 2.91. The lowest BCUT2D eigenvalue weighted by Gasteiger charge is -2.18. The quantitative estimate of drug-likeness (QED) is 0.795. The lowest BCUT2D eigenvalue weighted by atomic mass is 9.93. The fourth-order valence-corrected chi connectivity index (χ4v) is 5.64. The van der Waals surface area contributed by atoms with Gasteiger partial charge in [-0.2, -0.15) is 0 Å². The molecular weight excluding hydrogens is 374 g/mol. The van der Waals surface area contributed by atoms with Crippen molar-refractivity contribution in [2.75, 3.05) is 0 Å². The molecule has 1 aromatic heterocycles. The lowest BCUT2D eigenvalue weighted by Crippen LogP contribution is -2.21. The Kier molecular flexibility index (Phi) is 3.63. The van der Waals surface area contributed by atoms with E-state index in [0.717, 1.165) is 20.4 Å². The largest absolute Gasteiger partial charge is 0.324 e. The number of halogens is 2. The van der Waals surface area contributed by atoms with Gasteiger partial charge in [0.15, 0.2) is 0 Å². The first kappa shape index (κ1) is 12.9. The van der Waals surface area contributed by atoms with E-state index in [1.807, 2.05) is 0 Å². The van der Waals surface area contributed by atoms with Crippen LogP contribution in [-0.4, -0.2) is 0 Å². The van der Waals surface area contributed by atoms with Gasteiger partial charge in [-0.1, -0.05) is 24.3 Å². The summed E-state index contributed by atoms with van der Waals surface area (Å²) in [6.45, 7) is 0. The smallest absolute Gasteiger partial charge is 0.0758 e. The van der Waals surface area contributed by atoms with Gasteiger partial charge in [-0.25, -0.2) is 0 Å². The Hall–Kier alpha value is -0.160. The standard InChI is InChI=1S/C14H13Br2NS/c15-12-7-11(14(16)18-12)13(17)10-5-8-3-1-2-4-9(8)6-10/h1-4,7,10,13H,5-6,17H2. The maximum absolute atomic E-state index is 6.45. The fourth-order valence-electron chi connectivity index (χ4n) is 2.68. The van der Waals surface area contributed by atoms with Crippen molar-refractivity contribution >= 4 is 43.2 Å². The summed E-state index contributed by atoms with van der Waals surface area (Å²) < 4.78 is 2.29. The van der Waals surface area contributed by atoms with Crippen LogP contribution in [0, 0.1) is 5.92 Å². The number of fused-ring (bicyclic) bond motifs is 1. The Morgan fingerprint density at radius 3 is 2.28 bits per heavy atom. The van der Waals surface area contributed by atoms with Crippen LogP contribution in [0.4, 0.5) is 0 Å². The van der Waals surface area contributed by atoms with E-state index in [-0.39, 0.29) is 6.04 Å². The number of rotatable bonds is 2. The Balaban J connectivity index is 1.84. The highest BCUT2D eigenvalue weighted by Crippen LogP contribution is 2.40. The number of hydrogen-bond donors (Lipinski definition) is 1. The van der Waals surface area contributed by atoms with Crippen LogP contribution in [-0.2, 0) is 12.8 Å². The van der Waals surface area contributed by atoms with Gasteiger partial charge >= 0.3 is 0 Å². The molecular formula is C14H13Br2NS. The summed E-state index contributed by atoms with van der Waals surface area (Å²) in [5.74, 6) is 0.514. The van der Waals surface area contributed by atoms with Crippen molar-refractivity contribution in [3.63, 3.8) is 0 Å². The van der Waals surface area contributed by atoms with Crippen molar-refractivity contribution in [3.8, 4) is 0 Å². The zero-order valence-electron chi connectivity index (χ0n) is 9.70. The minimum Gasteiger partial charge on any atom is -0.324 e. The Labute approximate surface area is 128 Å². The highest BCUT2D eigenvalue weighted by Gasteiger charge is 2.28. The van der Waals surface area contributed by atoms with E-state index in [2.05, 4.69) is 62.2 Å². The molecule has 1 aliphatic rings. The molecule has 1 unspecified atom stereocenters. The van der Waals surface area contributed by atoms with Crippen LogP contribution in [0.15, 0.2) is 37.9 Å². The molecule has 3 rings (SSSR count). The first-order valence-corrected chi connectivity index (χ1v) is 8.32. The van der Waals surface area contributed by atoms with Crippen molar-refractivity contribution in [1.29, 1.82) is 0 Å². The summed E-state index contributed by atoms with van der Waals surface area (Å²) >= 11 is 8.82. The molecule has 0 aliphatic heterocycles. The Morgan fingerprint density at radius 2 is 1.78 bits per heavy atom. The molecule has 0 amide bonds. The summed E-state index contributed by atoms with van der Waals surface area (Å²) in [6.07, 6.45) is 2.19. The third-order valence-corrected chi connectivity index (χ3v) is 6.02. The van der Waals surface area contributed by atoms with Crippen molar-refractivity contribution in [2.24, 2.45) is 11.7 Å². The lowest BCUT2D eigenvalue weighted by molar-refractivity contribution is 0.453. The van der Waals surface area contributed by atoms with Crippen molar-refractivity contribution < 1.29 is 0 Å². The van der Waals surface area contributed by atoms with Gasteiger partial charge < -0.3 is 5.73 Å². The molecule has 94 valence electrons. The Bertz CT molecular complexity index is 554. The van der Waals surface area contributed by atoms with Crippen LogP contribution in [0.1, 0.15) is 22.7 Å². The number of nitrogens with two attached hydrogens (primary N) is 1. The molecule has 1 aliphatic carbocycles. The Morgan fingerprint density at radius 1 is 1.17 bits per heavy atom. The molecule has 1 heterocycles. The minimum absolute atomic E-state index is 0.106. The van der Waals surface area contributed by atoms with Crippen LogP contribution >= 0.6 is 43.2 Å². The predicted molar refractivity (Wildman–Crippen MR) is 84.0 cm³/mol. The molecule has 18 heavy (non-hydrogen) atoms. The second-order valence-corrected chi connectivity index (χ2v) is 8.49. The summed E-state index contributed by atoms with van der Waals surface area (Å²) in [7, 11) is 0. The van der Waals surface area contributed by atoms with Crippen molar-refractivity contribution in [1.82, 2.24) is 0 Å². The molecule has 0 radical (unpaired) electrons.